The Labute approximate surface area is 252 Å². The number of hydrogen-bond acceptors (Lipinski definition) is 5. The van der Waals surface area contributed by atoms with Crippen LogP contribution < -0.4 is 20.7 Å². The van der Waals surface area contributed by atoms with E-state index in [1.54, 1.807) is 59.5 Å². The Morgan fingerprint density at radius 2 is 1.60 bits per heavy atom. The largest absolute Gasteiger partial charge is 0.497 e. The number of aliphatic carboxylic acids is 1. The van der Waals surface area contributed by atoms with Gasteiger partial charge < -0.3 is 30.7 Å². The second-order valence-electron chi connectivity index (χ2n) is 9.71. The first-order chi connectivity index (χ1) is 20.2. The van der Waals surface area contributed by atoms with Gasteiger partial charge in [-0.15, -0.1) is 0 Å². The minimum atomic E-state index is -1.28. The van der Waals surface area contributed by atoms with Gasteiger partial charge in [0.2, 0.25) is 0 Å². The molecule has 1 atom stereocenters. The molecule has 10 nitrogen and oxygen atoms in total. The summed E-state index contributed by atoms with van der Waals surface area (Å²) in [4.78, 5) is 52.4. The molecule has 0 bridgehead atoms. The molecule has 1 aliphatic heterocycles. The minimum absolute atomic E-state index is 0.0367. The summed E-state index contributed by atoms with van der Waals surface area (Å²) in [5.74, 6) is -1.52. The summed E-state index contributed by atoms with van der Waals surface area (Å²) in [6, 6.07) is 13.9. The van der Waals surface area contributed by atoms with Gasteiger partial charge in [0.25, 0.3) is 11.8 Å². The van der Waals surface area contributed by atoms with Crippen molar-refractivity contribution in [3.05, 3.63) is 87.4 Å². The number of methoxy groups -OCH3 is 1. The number of ether oxygens (including phenoxy) is 1. The molecule has 220 valence electrons. The monoisotopic (exact) mass is 612 g/mol. The van der Waals surface area contributed by atoms with Crippen molar-refractivity contribution in [1.82, 2.24) is 10.2 Å². The van der Waals surface area contributed by atoms with Gasteiger partial charge in [-0.1, -0.05) is 41.4 Å². The van der Waals surface area contributed by atoms with E-state index in [1.165, 1.54) is 13.2 Å². The molecule has 0 radical (unpaired) electrons. The number of hydrogen-bond donors (Lipinski definition) is 4. The number of halogens is 2. The molecule has 4 N–H and O–H groups in total. The molecule has 0 aromatic heterocycles. The van der Waals surface area contributed by atoms with Crippen LogP contribution in [-0.4, -0.2) is 60.1 Å². The van der Waals surface area contributed by atoms with Crippen molar-refractivity contribution in [3.63, 3.8) is 0 Å². The summed E-state index contributed by atoms with van der Waals surface area (Å²) in [5, 5.41) is 18.0. The average Bonchev–Trinajstić information content (AvgIpc) is 2.97. The van der Waals surface area contributed by atoms with Crippen LogP contribution in [0.1, 0.15) is 45.5 Å². The first kappa shape index (κ1) is 30.7. The Balaban J connectivity index is 1.42. The second kappa shape index (κ2) is 14.1. The number of carboxylic acid groups (broad SMARTS) is 1. The molecule has 1 heterocycles. The quantitative estimate of drug-likeness (QED) is 0.245. The summed E-state index contributed by atoms with van der Waals surface area (Å²) in [5.41, 5.74) is 1.68. The third-order valence-corrected chi connectivity index (χ3v) is 7.42. The molecular formula is C30H30Cl2N4O6. The van der Waals surface area contributed by atoms with E-state index >= 15 is 0 Å². The van der Waals surface area contributed by atoms with Gasteiger partial charge in [-0.3, -0.25) is 9.59 Å². The normalized spacial score (nSPS) is 13.5. The number of carbonyl (C=O) groups excluding carboxylic acids is 3. The fraction of sp³-hybridized carbons (Fsp3) is 0.267. The molecule has 3 aromatic carbocycles. The summed E-state index contributed by atoms with van der Waals surface area (Å²) in [7, 11) is 1.47. The highest BCUT2D eigenvalue weighted by molar-refractivity contribution is 6.40. The van der Waals surface area contributed by atoms with Gasteiger partial charge in [-0.2, -0.15) is 0 Å². The van der Waals surface area contributed by atoms with E-state index in [0.29, 0.717) is 30.1 Å². The zero-order valence-electron chi connectivity index (χ0n) is 22.8. The van der Waals surface area contributed by atoms with Crippen molar-refractivity contribution < 1.29 is 29.0 Å². The maximum atomic E-state index is 13.2. The van der Waals surface area contributed by atoms with E-state index < -0.39 is 23.9 Å². The van der Waals surface area contributed by atoms with Crippen molar-refractivity contribution in [2.24, 2.45) is 0 Å². The van der Waals surface area contributed by atoms with Crippen LogP contribution >= 0.6 is 23.2 Å². The topological polar surface area (TPSA) is 137 Å². The van der Waals surface area contributed by atoms with Crippen LogP contribution in [0, 0.1) is 0 Å². The van der Waals surface area contributed by atoms with Crippen LogP contribution in [0.4, 0.5) is 16.2 Å². The van der Waals surface area contributed by atoms with Crippen LogP contribution in [0.3, 0.4) is 0 Å². The van der Waals surface area contributed by atoms with Gasteiger partial charge in [0.1, 0.15) is 11.8 Å². The van der Waals surface area contributed by atoms with Crippen LogP contribution in [0.5, 0.6) is 5.75 Å². The number of rotatable bonds is 9. The van der Waals surface area contributed by atoms with Crippen molar-refractivity contribution in [3.8, 4) is 5.75 Å². The predicted octanol–water partition coefficient (Wildman–Crippen LogP) is 5.70. The van der Waals surface area contributed by atoms with Crippen LogP contribution in [0.15, 0.2) is 60.7 Å². The van der Waals surface area contributed by atoms with Crippen molar-refractivity contribution in [2.75, 3.05) is 30.8 Å². The van der Waals surface area contributed by atoms with E-state index in [9.17, 15) is 24.3 Å². The molecule has 1 aliphatic rings. The molecule has 3 aromatic rings. The van der Waals surface area contributed by atoms with E-state index in [-0.39, 0.29) is 39.2 Å². The average molecular weight is 613 g/mol. The summed E-state index contributed by atoms with van der Waals surface area (Å²) in [6.45, 7) is 1.27. The molecule has 0 saturated carbocycles. The van der Waals surface area contributed by atoms with Crippen LogP contribution in [0.2, 0.25) is 10.0 Å². The fourth-order valence-electron chi connectivity index (χ4n) is 4.59. The lowest BCUT2D eigenvalue weighted by Crippen LogP contribution is -2.44. The van der Waals surface area contributed by atoms with Crippen LogP contribution in [-0.2, 0) is 11.2 Å². The maximum absolute atomic E-state index is 13.2. The molecular weight excluding hydrogens is 583 g/mol. The van der Waals surface area contributed by atoms with E-state index in [2.05, 4.69) is 16.0 Å². The highest BCUT2D eigenvalue weighted by atomic mass is 35.5. The van der Waals surface area contributed by atoms with Crippen molar-refractivity contribution in [1.29, 1.82) is 0 Å². The standard InChI is InChI=1S/C30H30Cl2N4O6/c1-42-20-12-13-21(28(38)36-14-3-2-4-15-36)24(17-20)34-30(41)35-25(29(39)40)16-18-8-10-19(11-9-18)33-27(37)26-22(31)6-5-7-23(26)32/h5-13,17,25H,2-4,14-16H2,1H3,(H,33,37)(H,39,40)(H2,34,35,41)/t25-/m0/s1. The molecule has 0 aliphatic carbocycles. The number of likely N-dealkylation sites (tertiary alicyclic amines) is 1. The van der Waals surface area contributed by atoms with E-state index in [0.717, 1.165) is 19.3 Å². The highest BCUT2D eigenvalue weighted by Crippen LogP contribution is 2.27. The molecule has 1 saturated heterocycles. The van der Waals surface area contributed by atoms with Gasteiger partial charge in [0, 0.05) is 31.3 Å². The Bertz CT molecular complexity index is 1450. The number of urea groups is 1. The molecule has 0 spiro atoms. The van der Waals surface area contributed by atoms with Crippen molar-refractivity contribution >= 4 is 58.4 Å². The van der Waals surface area contributed by atoms with Crippen molar-refractivity contribution in [2.45, 2.75) is 31.7 Å². The number of benzene rings is 3. The Kier molecular flexibility index (Phi) is 10.3. The van der Waals surface area contributed by atoms with Gasteiger partial charge in [-0.05, 0) is 61.2 Å². The Morgan fingerprint density at radius 1 is 0.929 bits per heavy atom. The summed E-state index contributed by atoms with van der Waals surface area (Å²) >= 11 is 12.2. The van der Waals surface area contributed by atoms with Crippen LogP contribution in [0.25, 0.3) is 0 Å². The van der Waals surface area contributed by atoms with Gasteiger partial charge in [0.15, 0.2) is 0 Å². The van der Waals surface area contributed by atoms with Gasteiger partial charge in [0.05, 0.1) is 34.0 Å². The molecule has 4 rings (SSSR count). The fourth-order valence-corrected chi connectivity index (χ4v) is 5.16. The zero-order valence-corrected chi connectivity index (χ0v) is 24.3. The third kappa shape index (κ3) is 7.71. The second-order valence-corrected chi connectivity index (χ2v) is 10.5. The number of carboxylic acids is 1. The number of nitrogens with zero attached hydrogens (tertiary/aromatic N) is 1. The van der Waals surface area contributed by atoms with E-state index in [1.807, 2.05) is 0 Å². The molecule has 4 amide bonds. The minimum Gasteiger partial charge on any atom is -0.497 e. The zero-order chi connectivity index (χ0) is 30.2. The number of anilines is 2. The lowest BCUT2D eigenvalue weighted by Gasteiger charge is -2.27. The first-order valence-electron chi connectivity index (χ1n) is 13.3. The number of nitrogens with one attached hydrogen (secondary N) is 3. The molecule has 12 heteroatoms. The first-order valence-corrected chi connectivity index (χ1v) is 14.0. The number of carbonyl (C=O) groups is 4. The van der Waals surface area contributed by atoms with Gasteiger partial charge >= 0.3 is 12.0 Å². The SMILES string of the molecule is COc1ccc(C(=O)N2CCCCC2)c(NC(=O)N[C@@H](Cc2ccc(NC(=O)c3c(Cl)cccc3Cl)cc2)C(=O)O)c1. The summed E-state index contributed by atoms with van der Waals surface area (Å²) in [6.07, 6.45) is 2.85. The third-order valence-electron chi connectivity index (χ3n) is 6.79. The van der Waals surface area contributed by atoms with E-state index in [4.69, 9.17) is 27.9 Å². The summed E-state index contributed by atoms with van der Waals surface area (Å²) < 4.78 is 5.26. The lowest BCUT2D eigenvalue weighted by molar-refractivity contribution is -0.139. The lowest BCUT2D eigenvalue weighted by atomic mass is 10.1. The Morgan fingerprint density at radius 3 is 2.21 bits per heavy atom. The molecule has 1 fully saturated rings. The Hall–Kier alpha value is -4.28. The number of amides is 4. The molecule has 0 unspecified atom stereocenters. The molecule has 42 heavy (non-hydrogen) atoms. The predicted molar refractivity (Wildman–Crippen MR) is 161 cm³/mol. The smallest absolute Gasteiger partial charge is 0.326 e. The maximum Gasteiger partial charge on any atom is 0.326 e. The number of piperidine rings is 1. The van der Waals surface area contributed by atoms with Gasteiger partial charge in [-0.25, -0.2) is 9.59 Å². The highest BCUT2D eigenvalue weighted by Gasteiger charge is 2.25.